The zero-order chi connectivity index (χ0) is 14.0. The maximum Gasteiger partial charge on any atom is 0.220 e. The lowest BCUT2D eigenvalue weighted by molar-refractivity contribution is -0.122. The summed E-state index contributed by atoms with van der Waals surface area (Å²) in [6.45, 7) is 2.18. The van der Waals surface area contributed by atoms with Crippen LogP contribution in [0.2, 0.25) is 0 Å². The van der Waals surface area contributed by atoms with Crippen molar-refractivity contribution in [3.05, 3.63) is 34.3 Å². The van der Waals surface area contributed by atoms with E-state index in [0.29, 0.717) is 12.3 Å². The van der Waals surface area contributed by atoms with Gasteiger partial charge < -0.3 is 10.6 Å². The zero-order valence-electron chi connectivity index (χ0n) is 11.6. The van der Waals surface area contributed by atoms with Crippen LogP contribution in [0.5, 0.6) is 0 Å². The third-order valence-corrected chi connectivity index (χ3v) is 4.94. The topological polar surface area (TPSA) is 41.1 Å². The molecular formula is C16H21BrN2O. The first kappa shape index (κ1) is 14.1. The third kappa shape index (κ3) is 3.23. The average molecular weight is 337 g/mol. The van der Waals surface area contributed by atoms with E-state index < -0.39 is 0 Å². The molecule has 1 atom stereocenters. The molecule has 3 rings (SSSR count). The monoisotopic (exact) mass is 336 g/mol. The summed E-state index contributed by atoms with van der Waals surface area (Å²) in [4.78, 5) is 12.2. The largest absolute Gasteiger partial charge is 0.347 e. The predicted octanol–water partition coefficient (Wildman–Crippen LogP) is 2.94. The molecule has 0 spiro atoms. The Morgan fingerprint density at radius 2 is 2.30 bits per heavy atom. The lowest BCUT2D eigenvalue weighted by Gasteiger charge is -2.19. The molecule has 108 valence electrons. The van der Waals surface area contributed by atoms with Crippen molar-refractivity contribution in [2.75, 3.05) is 13.1 Å². The third-order valence-electron chi connectivity index (χ3n) is 4.45. The van der Waals surface area contributed by atoms with Gasteiger partial charge in [-0.15, -0.1) is 0 Å². The minimum atomic E-state index is -0.0885. The first-order valence-corrected chi connectivity index (χ1v) is 8.25. The van der Waals surface area contributed by atoms with E-state index in [9.17, 15) is 4.79 Å². The normalized spacial score (nSPS) is 23.6. The number of hydrogen-bond acceptors (Lipinski definition) is 2. The number of carbonyl (C=O) groups is 1. The lowest BCUT2D eigenvalue weighted by Crippen LogP contribution is -2.35. The van der Waals surface area contributed by atoms with Crippen LogP contribution in [-0.4, -0.2) is 19.0 Å². The zero-order valence-corrected chi connectivity index (χ0v) is 13.2. The minimum Gasteiger partial charge on any atom is -0.347 e. The second-order valence-corrected chi connectivity index (χ2v) is 6.95. The predicted molar refractivity (Wildman–Crippen MR) is 83.4 cm³/mol. The molecular weight excluding hydrogens is 316 g/mol. The molecule has 4 heteroatoms. The highest BCUT2D eigenvalue weighted by Crippen LogP contribution is 2.46. The van der Waals surface area contributed by atoms with E-state index in [-0.39, 0.29) is 11.4 Å². The summed E-state index contributed by atoms with van der Waals surface area (Å²) in [5, 5.41) is 6.61. The molecule has 2 aliphatic rings. The second-order valence-electron chi connectivity index (χ2n) is 6.04. The van der Waals surface area contributed by atoms with Crippen molar-refractivity contribution in [1.82, 2.24) is 10.6 Å². The Bertz CT molecular complexity index is 493. The summed E-state index contributed by atoms with van der Waals surface area (Å²) >= 11 is 3.50. The summed E-state index contributed by atoms with van der Waals surface area (Å²) in [7, 11) is 0. The maximum atomic E-state index is 12.2. The van der Waals surface area contributed by atoms with Crippen molar-refractivity contribution >= 4 is 21.8 Å². The number of halogens is 1. The first-order chi connectivity index (χ1) is 9.68. The van der Waals surface area contributed by atoms with Gasteiger partial charge >= 0.3 is 0 Å². The van der Waals surface area contributed by atoms with Gasteiger partial charge in [-0.3, -0.25) is 4.79 Å². The summed E-state index contributed by atoms with van der Waals surface area (Å²) < 4.78 is 1.08. The molecule has 3 nitrogen and oxygen atoms in total. The lowest BCUT2D eigenvalue weighted by atomic mass is 10.0. The number of rotatable bonds is 5. The molecule has 1 saturated carbocycles. The van der Waals surface area contributed by atoms with Crippen LogP contribution in [0.1, 0.15) is 37.7 Å². The Hall–Kier alpha value is -0.870. The summed E-state index contributed by atoms with van der Waals surface area (Å²) in [5.74, 6) is 0.885. The Labute approximate surface area is 128 Å². The highest BCUT2D eigenvalue weighted by molar-refractivity contribution is 9.10. The highest BCUT2D eigenvalue weighted by Gasteiger charge is 2.45. The van der Waals surface area contributed by atoms with Gasteiger partial charge in [-0.1, -0.05) is 28.1 Å². The molecule has 2 N–H and O–H groups in total. The maximum absolute atomic E-state index is 12.2. The number of nitrogens with one attached hydrogen (secondary N) is 2. The molecule has 1 aliphatic heterocycles. The Morgan fingerprint density at radius 3 is 2.95 bits per heavy atom. The molecule has 1 amide bonds. The number of hydrogen-bond donors (Lipinski definition) is 2. The van der Waals surface area contributed by atoms with Gasteiger partial charge in [0.25, 0.3) is 0 Å². The van der Waals surface area contributed by atoms with Gasteiger partial charge in [0, 0.05) is 10.9 Å². The van der Waals surface area contributed by atoms with Crippen LogP contribution < -0.4 is 10.6 Å². The van der Waals surface area contributed by atoms with Gasteiger partial charge in [0.1, 0.15) is 0 Å². The SMILES string of the molecule is O=C(CCC1CCNC1)NC1(c2cccc(Br)c2)CC1. The molecule has 0 bridgehead atoms. The standard InChI is InChI=1S/C16H21BrN2O/c17-14-3-1-2-13(10-14)16(7-8-16)19-15(20)5-4-12-6-9-18-11-12/h1-3,10,12,18H,4-9,11H2,(H,19,20). The van der Waals surface area contributed by atoms with E-state index in [1.165, 1.54) is 12.0 Å². The van der Waals surface area contributed by atoms with Crippen LogP contribution in [0.3, 0.4) is 0 Å². The number of amides is 1. The van der Waals surface area contributed by atoms with Crippen molar-refractivity contribution < 1.29 is 4.79 Å². The van der Waals surface area contributed by atoms with E-state index in [2.05, 4.69) is 38.7 Å². The Kier molecular flexibility index (Phi) is 4.13. The van der Waals surface area contributed by atoms with Gasteiger partial charge in [0.2, 0.25) is 5.91 Å². The smallest absolute Gasteiger partial charge is 0.220 e. The minimum absolute atomic E-state index is 0.0885. The van der Waals surface area contributed by atoms with Crippen molar-refractivity contribution in [3.63, 3.8) is 0 Å². The van der Waals surface area contributed by atoms with E-state index in [4.69, 9.17) is 0 Å². The molecule has 1 unspecified atom stereocenters. The van der Waals surface area contributed by atoms with Crippen LogP contribution in [0.25, 0.3) is 0 Å². The molecule has 1 heterocycles. The first-order valence-electron chi connectivity index (χ1n) is 7.46. The highest BCUT2D eigenvalue weighted by atomic mass is 79.9. The van der Waals surface area contributed by atoms with E-state index in [1.807, 2.05) is 12.1 Å². The summed E-state index contributed by atoms with van der Waals surface area (Å²) in [6, 6.07) is 8.29. The summed E-state index contributed by atoms with van der Waals surface area (Å²) in [6.07, 6.45) is 4.99. The fraction of sp³-hybridized carbons (Fsp3) is 0.562. The Morgan fingerprint density at radius 1 is 1.45 bits per heavy atom. The van der Waals surface area contributed by atoms with Gasteiger partial charge in [0.05, 0.1) is 5.54 Å². The van der Waals surface area contributed by atoms with Crippen LogP contribution in [-0.2, 0) is 10.3 Å². The van der Waals surface area contributed by atoms with Gasteiger partial charge in [0.15, 0.2) is 0 Å². The molecule has 0 radical (unpaired) electrons. The van der Waals surface area contributed by atoms with Crippen molar-refractivity contribution in [2.45, 2.75) is 37.6 Å². The second kappa shape index (κ2) is 5.86. The van der Waals surface area contributed by atoms with Crippen molar-refractivity contribution in [1.29, 1.82) is 0 Å². The molecule has 1 aromatic rings. The van der Waals surface area contributed by atoms with Gasteiger partial charge in [-0.05, 0) is 62.4 Å². The van der Waals surface area contributed by atoms with E-state index in [1.54, 1.807) is 0 Å². The van der Waals surface area contributed by atoms with Gasteiger partial charge in [-0.25, -0.2) is 0 Å². The molecule has 0 aromatic heterocycles. The molecule has 1 saturated heterocycles. The van der Waals surface area contributed by atoms with Crippen molar-refractivity contribution in [3.8, 4) is 0 Å². The average Bonchev–Trinajstić information content (AvgIpc) is 3.02. The summed E-state index contributed by atoms with van der Waals surface area (Å²) in [5.41, 5.74) is 1.14. The molecule has 1 aliphatic carbocycles. The van der Waals surface area contributed by atoms with E-state index in [0.717, 1.165) is 36.8 Å². The quantitative estimate of drug-likeness (QED) is 0.867. The van der Waals surface area contributed by atoms with Crippen molar-refractivity contribution in [2.24, 2.45) is 5.92 Å². The fourth-order valence-corrected chi connectivity index (χ4v) is 3.42. The molecule has 2 fully saturated rings. The number of carbonyl (C=O) groups excluding carboxylic acids is 1. The Balaban J connectivity index is 1.55. The van der Waals surface area contributed by atoms with Crippen LogP contribution in [0.4, 0.5) is 0 Å². The van der Waals surface area contributed by atoms with Crippen LogP contribution >= 0.6 is 15.9 Å². The van der Waals surface area contributed by atoms with E-state index >= 15 is 0 Å². The van der Waals surface area contributed by atoms with Gasteiger partial charge in [-0.2, -0.15) is 0 Å². The van der Waals surface area contributed by atoms with Crippen LogP contribution in [0, 0.1) is 5.92 Å². The molecule has 20 heavy (non-hydrogen) atoms. The van der Waals surface area contributed by atoms with Crippen LogP contribution in [0.15, 0.2) is 28.7 Å². The molecule has 1 aromatic carbocycles. The number of benzene rings is 1. The fourth-order valence-electron chi connectivity index (χ4n) is 3.02.